The molecule has 1 aromatic heterocycles. The maximum absolute atomic E-state index is 12.5. The maximum atomic E-state index is 12.5. The Bertz CT molecular complexity index is 608. The highest BCUT2D eigenvalue weighted by Crippen LogP contribution is 2.33. The number of aryl methyl sites for hydroxylation is 1. The Morgan fingerprint density at radius 1 is 1.39 bits per heavy atom. The van der Waals surface area contributed by atoms with Crippen LogP contribution in [0, 0.1) is 12.3 Å². The van der Waals surface area contributed by atoms with Gasteiger partial charge < -0.3 is 4.42 Å². The largest absolute Gasteiger partial charge is 0.453 e. The molecule has 2 rings (SSSR count). The number of hydrogen-bond acceptors (Lipinski definition) is 2. The van der Waals surface area contributed by atoms with Crippen molar-refractivity contribution in [2.24, 2.45) is 5.41 Å². The summed E-state index contributed by atoms with van der Waals surface area (Å²) in [5, 5.41) is 1.000. The van der Waals surface area contributed by atoms with Gasteiger partial charge in [-0.2, -0.15) is 0 Å². The van der Waals surface area contributed by atoms with Gasteiger partial charge in [-0.15, -0.1) is 0 Å². The van der Waals surface area contributed by atoms with Gasteiger partial charge in [-0.1, -0.05) is 36.7 Å². The van der Waals surface area contributed by atoms with Gasteiger partial charge in [0.05, 0.1) is 0 Å². The molecule has 96 valence electrons. The van der Waals surface area contributed by atoms with Crippen LogP contribution in [0.2, 0.25) is 0 Å². The molecule has 0 atom stereocenters. The number of hydrogen-bond donors (Lipinski definition) is 0. The predicted molar refractivity (Wildman–Crippen MR) is 77.1 cm³/mol. The zero-order chi connectivity index (χ0) is 13.5. The van der Waals surface area contributed by atoms with Gasteiger partial charge in [0.15, 0.2) is 5.76 Å². The molecule has 0 saturated carbocycles. The number of rotatable bonds is 3. The molecule has 2 nitrogen and oxygen atoms in total. The lowest BCUT2D eigenvalue weighted by Gasteiger charge is -2.19. The topological polar surface area (TPSA) is 30.2 Å². The molecule has 0 spiro atoms. The number of furan rings is 1. The van der Waals surface area contributed by atoms with Crippen molar-refractivity contribution in [2.75, 3.05) is 0 Å². The summed E-state index contributed by atoms with van der Waals surface area (Å²) >= 11 is 3.44. The highest BCUT2D eigenvalue weighted by atomic mass is 79.9. The van der Waals surface area contributed by atoms with Crippen molar-refractivity contribution in [3.8, 4) is 0 Å². The molecule has 0 N–H and O–H groups in total. The monoisotopic (exact) mass is 308 g/mol. The summed E-state index contributed by atoms with van der Waals surface area (Å²) in [7, 11) is 0. The zero-order valence-electron chi connectivity index (χ0n) is 11.1. The van der Waals surface area contributed by atoms with Gasteiger partial charge in [0.25, 0.3) is 0 Å². The van der Waals surface area contributed by atoms with Crippen molar-refractivity contribution >= 4 is 32.7 Å². The number of Topliss-reactive ketones (excluding diaryl/α,β-unsaturated/α-hetero) is 1. The van der Waals surface area contributed by atoms with Crippen molar-refractivity contribution in [1.82, 2.24) is 0 Å². The van der Waals surface area contributed by atoms with E-state index in [0.29, 0.717) is 5.76 Å². The van der Waals surface area contributed by atoms with E-state index < -0.39 is 0 Å². The van der Waals surface area contributed by atoms with Gasteiger partial charge in [-0.25, -0.2) is 0 Å². The molecule has 0 fully saturated rings. The quantitative estimate of drug-likeness (QED) is 0.736. The van der Waals surface area contributed by atoms with Crippen LogP contribution in [0.4, 0.5) is 0 Å². The molecule has 0 radical (unpaired) electrons. The van der Waals surface area contributed by atoms with Crippen molar-refractivity contribution in [3.05, 3.63) is 34.0 Å². The SMILES string of the molecule is CCC(C)(C)C(=O)c1oc2ccc(Br)cc2c1C. The number of halogens is 1. The number of carbonyl (C=O) groups excluding carboxylic acids is 1. The maximum Gasteiger partial charge on any atom is 0.203 e. The standard InChI is InChI=1S/C15H17BrO2/c1-5-15(3,4)14(17)13-9(2)11-8-10(16)6-7-12(11)18-13/h6-8H,5H2,1-4H3. The second-order valence-electron chi connectivity index (χ2n) is 5.26. The number of benzene rings is 1. The molecule has 3 heteroatoms. The molecule has 2 aromatic rings. The van der Waals surface area contributed by atoms with Crippen LogP contribution in [0.25, 0.3) is 11.0 Å². The molecule has 0 amide bonds. The Kier molecular flexibility index (Phi) is 3.37. The molecular formula is C15H17BrO2. The van der Waals surface area contributed by atoms with Crippen LogP contribution < -0.4 is 0 Å². The Morgan fingerprint density at radius 2 is 2.06 bits per heavy atom. The van der Waals surface area contributed by atoms with Gasteiger partial charge in [0.2, 0.25) is 5.78 Å². The Labute approximate surface area is 115 Å². The van der Waals surface area contributed by atoms with Gasteiger partial charge in [-0.05, 0) is 31.5 Å². The summed E-state index contributed by atoms with van der Waals surface area (Å²) < 4.78 is 6.73. The zero-order valence-corrected chi connectivity index (χ0v) is 12.7. The lowest BCUT2D eigenvalue weighted by atomic mass is 9.83. The molecule has 0 aliphatic carbocycles. The van der Waals surface area contributed by atoms with Gasteiger partial charge in [0.1, 0.15) is 5.58 Å². The third-order valence-electron chi connectivity index (χ3n) is 3.60. The van der Waals surface area contributed by atoms with E-state index in [0.717, 1.165) is 27.4 Å². The highest BCUT2D eigenvalue weighted by Gasteiger charge is 2.31. The fourth-order valence-corrected chi connectivity index (χ4v) is 2.24. The molecule has 1 aromatic carbocycles. The molecule has 0 saturated heterocycles. The molecular weight excluding hydrogens is 292 g/mol. The van der Waals surface area contributed by atoms with Crippen molar-refractivity contribution in [1.29, 1.82) is 0 Å². The second-order valence-corrected chi connectivity index (χ2v) is 6.18. The predicted octanol–water partition coefficient (Wildman–Crippen LogP) is 5.12. The van der Waals surface area contributed by atoms with Crippen LogP contribution in [0.3, 0.4) is 0 Å². The molecule has 0 unspecified atom stereocenters. The fourth-order valence-electron chi connectivity index (χ4n) is 1.88. The van der Waals surface area contributed by atoms with E-state index in [2.05, 4.69) is 15.9 Å². The molecule has 18 heavy (non-hydrogen) atoms. The van der Waals surface area contributed by atoms with E-state index in [-0.39, 0.29) is 11.2 Å². The first-order valence-corrected chi connectivity index (χ1v) is 6.89. The number of ketones is 1. The summed E-state index contributed by atoms with van der Waals surface area (Å²) in [4.78, 5) is 12.5. The van der Waals surface area contributed by atoms with E-state index in [1.54, 1.807) is 0 Å². The van der Waals surface area contributed by atoms with Crippen molar-refractivity contribution in [3.63, 3.8) is 0 Å². The summed E-state index contributed by atoms with van der Waals surface area (Å²) in [5.41, 5.74) is 1.32. The normalized spacial score (nSPS) is 12.1. The van der Waals surface area contributed by atoms with Crippen LogP contribution >= 0.6 is 15.9 Å². The molecule has 1 heterocycles. The third-order valence-corrected chi connectivity index (χ3v) is 4.10. The van der Waals surface area contributed by atoms with E-state index in [4.69, 9.17) is 4.42 Å². The number of fused-ring (bicyclic) bond motifs is 1. The summed E-state index contributed by atoms with van der Waals surface area (Å²) in [6.45, 7) is 7.87. The first kappa shape index (κ1) is 13.3. The first-order chi connectivity index (χ1) is 8.36. The minimum atomic E-state index is -0.379. The van der Waals surface area contributed by atoms with E-state index in [1.165, 1.54) is 0 Å². The van der Waals surface area contributed by atoms with Gasteiger partial charge >= 0.3 is 0 Å². The summed E-state index contributed by atoms with van der Waals surface area (Å²) in [6.07, 6.45) is 0.798. The smallest absolute Gasteiger partial charge is 0.203 e. The fraction of sp³-hybridized carbons (Fsp3) is 0.400. The lowest BCUT2D eigenvalue weighted by Crippen LogP contribution is -2.23. The van der Waals surface area contributed by atoms with Crippen LogP contribution in [0.15, 0.2) is 27.1 Å². The highest BCUT2D eigenvalue weighted by molar-refractivity contribution is 9.10. The van der Waals surface area contributed by atoms with Crippen LogP contribution in [0.1, 0.15) is 43.3 Å². The second kappa shape index (κ2) is 4.54. The lowest BCUT2D eigenvalue weighted by molar-refractivity contribution is 0.0804. The van der Waals surface area contributed by atoms with Crippen LogP contribution in [-0.4, -0.2) is 5.78 Å². The molecule has 0 aliphatic heterocycles. The van der Waals surface area contributed by atoms with Crippen molar-refractivity contribution in [2.45, 2.75) is 34.1 Å². The molecule has 0 bridgehead atoms. The average Bonchev–Trinajstić information content (AvgIpc) is 2.66. The summed E-state index contributed by atoms with van der Waals surface area (Å²) in [5.74, 6) is 0.574. The van der Waals surface area contributed by atoms with E-state index in [1.807, 2.05) is 45.9 Å². The van der Waals surface area contributed by atoms with Crippen LogP contribution in [-0.2, 0) is 0 Å². The van der Waals surface area contributed by atoms with Gasteiger partial charge in [0, 0.05) is 20.8 Å². The average molecular weight is 309 g/mol. The van der Waals surface area contributed by atoms with E-state index >= 15 is 0 Å². The Hall–Kier alpha value is -1.09. The minimum Gasteiger partial charge on any atom is -0.453 e. The third kappa shape index (κ3) is 2.12. The van der Waals surface area contributed by atoms with Crippen LogP contribution in [0.5, 0.6) is 0 Å². The Balaban J connectivity index is 2.59. The first-order valence-electron chi connectivity index (χ1n) is 6.10. The minimum absolute atomic E-state index is 0.0785. The van der Waals surface area contributed by atoms with Crippen molar-refractivity contribution < 1.29 is 9.21 Å². The summed E-state index contributed by atoms with van der Waals surface area (Å²) in [6, 6.07) is 5.80. The number of carbonyl (C=O) groups is 1. The van der Waals surface area contributed by atoms with E-state index in [9.17, 15) is 4.79 Å². The molecule has 0 aliphatic rings. The van der Waals surface area contributed by atoms with Gasteiger partial charge in [-0.3, -0.25) is 4.79 Å². The Morgan fingerprint density at radius 3 is 2.67 bits per heavy atom.